The fourth-order valence-corrected chi connectivity index (χ4v) is 9.55. The number of benzene rings is 1. The second kappa shape index (κ2) is 18.2. The van der Waals surface area contributed by atoms with Gasteiger partial charge in [-0.15, -0.1) is 0 Å². The Labute approximate surface area is 294 Å². The molecule has 248 valence electrons. The Bertz CT molecular complexity index is 1590. The number of allylic oxidation sites excluding steroid dienone is 24. The van der Waals surface area contributed by atoms with Crippen molar-refractivity contribution in [3.63, 3.8) is 0 Å². The van der Waals surface area contributed by atoms with Gasteiger partial charge in [-0.05, 0) is 32.8 Å². The Hall–Kier alpha value is -3.38. The van der Waals surface area contributed by atoms with E-state index in [1.165, 1.54) is 56.3 Å². The molecule has 0 saturated carbocycles. The van der Waals surface area contributed by atoms with E-state index in [9.17, 15) is 0 Å². The Morgan fingerprint density at radius 1 is 0.660 bits per heavy atom. The molecule has 1 atom stereocenters. The molecule has 2 aliphatic carbocycles. The largest absolute Gasteiger partial charge is 0.0836 e. The van der Waals surface area contributed by atoms with Crippen LogP contribution in [0.3, 0.4) is 0 Å². The average molecular weight is 690 g/mol. The minimum Gasteiger partial charge on any atom is -0.0836 e. The molecule has 0 aliphatic heterocycles. The molecule has 47 heavy (non-hydrogen) atoms. The van der Waals surface area contributed by atoms with Crippen LogP contribution in [0.1, 0.15) is 88.5 Å². The molecular formula is C46H58Se. The van der Waals surface area contributed by atoms with Crippen molar-refractivity contribution in [2.75, 3.05) is 0 Å². The van der Waals surface area contributed by atoms with E-state index in [2.05, 4.69) is 197 Å². The molecule has 0 N–H and O–H groups in total. The van der Waals surface area contributed by atoms with Gasteiger partial charge < -0.3 is 0 Å². The minimum absolute atomic E-state index is 0.105. The first kappa shape index (κ1) is 38.1. The van der Waals surface area contributed by atoms with E-state index in [4.69, 9.17) is 0 Å². The van der Waals surface area contributed by atoms with Crippen molar-refractivity contribution in [1.29, 1.82) is 0 Å². The third-order valence-corrected chi connectivity index (χ3v) is 11.5. The summed E-state index contributed by atoms with van der Waals surface area (Å²) in [6, 6.07) is 11.1. The van der Waals surface area contributed by atoms with Crippen LogP contribution in [0.5, 0.6) is 0 Å². The molecule has 0 spiro atoms. The molecular weight excluding hydrogens is 631 g/mol. The topological polar surface area (TPSA) is 0 Å². The summed E-state index contributed by atoms with van der Waals surface area (Å²) >= 11 is 0.527. The summed E-state index contributed by atoms with van der Waals surface area (Å²) in [5.74, 6) is 0. The van der Waals surface area contributed by atoms with Gasteiger partial charge in [0.05, 0.1) is 0 Å². The zero-order chi connectivity index (χ0) is 34.5. The molecule has 0 fully saturated rings. The van der Waals surface area contributed by atoms with Gasteiger partial charge in [0, 0.05) is 5.41 Å². The van der Waals surface area contributed by atoms with Crippen molar-refractivity contribution < 1.29 is 0 Å². The smallest absolute Gasteiger partial charge is 0.00749 e. The third kappa shape index (κ3) is 13.0. The number of rotatable bonds is 12. The van der Waals surface area contributed by atoms with Crippen LogP contribution >= 0.6 is 0 Å². The van der Waals surface area contributed by atoms with Crippen molar-refractivity contribution in [2.45, 2.75) is 93.3 Å². The summed E-state index contributed by atoms with van der Waals surface area (Å²) in [5.41, 5.74) is 11.2. The Kier molecular flexibility index (Phi) is 14.8. The molecule has 2 aliphatic rings. The van der Waals surface area contributed by atoms with Gasteiger partial charge in [-0.1, -0.05) is 91.3 Å². The van der Waals surface area contributed by atoms with Crippen LogP contribution in [0, 0.1) is 10.8 Å². The van der Waals surface area contributed by atoms with Crippen LogP contribution in [-0.4, -0.2) is 15.0 Å². The first-order chi connectivity index (χ1) is 22.3. The molecule has 1 aromatic rings. The Morgan fingerprint density at radius 2 is 1.17 bits per heavy atom. The molecule has 0 nitrogen and oxygen atoms in total. The van der Waals surface area contributed by atoms with E-state index in [1.807, 2.05) is 0 Å². The Morgan fingerprint density at radius 3 is 1.70 bits per heavy atom. The van der Waals surface area contributed by atoms with Gasteiger partial charge in [0.2, 0.25) is 0 Å². The molecule has 0 radical (unpaired) electrons. The normalized spacial score (nSPS) is 21.6. The SMILES string of the molecule is CC1=C(/C=C/C(C)=C/C=C/C(C)=C/C=C/C=C(C)/C=C/C=C(C)/C=C/C2=C(C)C[C@H]([Se]c3ccccc3)CC2(C)C)C(C)(C)C=CC1. The first-order valence-electron chi connectivity index (χ1n) is 17.1. The van der Waals surface area contributed by atoms with Gasteiger partial charge in [0.15, 0.2) is 0 Å². The second-order valence-electron chi connectivity index (χ2n) is 14.5. The number of hydrogen-bond donors (Lipinski definition) is 0. The molecule has 0 amide bonds. The summed E-state index contributed by atoms with van der Waals surface area (Å²) in [5, 5.41) is 0. The van der Waals surface area contributed by atoms with Crippen LogP contribution in [0.15, 0.2) is 172 Å². The van der Waals surface area contributed by atoms with Gasteiger partial charge in [-0.3, -0.25) is 0 Å². The summed E-state index contributed by atoms with van der Waals surface area (Å²) in [6.45, 7) is 22.6. The van der Waals surface area contributed by atoms with Gasteiger partial charge in [0.1, 0.15) is 0 Å². The summed E-state index contributed by atoms with van der Waals surface area (Å²) in [7, 11) is 0. The molecule has 3 rings (SSSR count). The molecule has 1 heteroatoms. The fourth-order valence-electron chi connectivity index (χ4n) is 6.33. The van der Waals surface area contributed by atoms with Crippen molar-refractivity contribution in [1.82, 2.24) is 0 Å². The van der Waals surface area contributed by atoms with Crippen molar-refractivity contribution >= 4 is 19.4 Å². The molecule has 0 aromatic heterocycles. The van der Waals surface area contributed by atoms with Crippen LogP contribution in [0.25, 0.3) is 0 Å². The van der Waals surface area contributed by atoms with E-state index in [-0.39, 0.29) is 10.8 Å². The first-order valence-corrected chi connectivity index (χ1v) is 19.0. The quantitative estimate of drug-likeness (QED) is 0.116. The van der Waals surface area contributed by atoms with E-state index < -0.39 is 0 Å². The summed E-state index contributed by atoms with van der Waals surface area (Å²) < 4.78 is 1.52. The maximum atomic E-state index is 2.42. The zero-order valence-corrected chi connectivity index (χ0v) is 32.4. The van der Waals surface area contributed by atoms with Crippen molar-refractivity contribution in [3.8, 4) is 0 Å². The van der Waals surface area contributed by atoms with Crippen LogP contribution in [0.2, 0.25) is 4.82 Å². The maximum absolute atomic E-state index is 2.42. The van der Waals surface area contributed by atoms with Crippen molar-refractivity contribution in [3.05, 3.63) is 172 Å². The molecule has 0 bridgehead atoms. The predicted molar refractivity (Wildman–Crippen MR) is 212 cm³/mol. The van der Waals surface area contributed by atoms with Crippen molar-refractivity contribution in [2.24, 2.45) is 10.8 Å². The molecule has 0 saturated heterocycles. The molecule has 0 unspecified atom stereocenters. The standard InChI is InChI=1S/C46H58Se/c1-35(21-16-23-37(3)28-30-43-39(5)25-18-32-45(43,7)8)19-14-15-20-36(2)22-17-24-38(4)29-31-44-40(6)33-42(34-46(44,9)10)47-41-26-12-11-13-27-41/h11-24,26-32,42H,25,33-34H2,1-10H3/b15-14+,21-16+,22-17+,30-28+,31-29+,35-19+,36-20+,37-23+,38-24+/t42-/m0/s1. The van der Waals surface area contributed by atoms with Gasteiger partial charge in [0.25, 0.3) is 0 Å². The van der Waals surface area contributed by atoms with E-state index in [0.29, 0.717) is 15.0 Å². The average Bonchev–Trinajstić information content (AvgIpc) is 2.98. The van der Waals surface area contributed by atoms with E-state index in [1.54, 1.807) is 5.57 Å². The van der Waals surface area contributed by atoms with Crippen LogP contribution in [-0.2, 0) is 0 Å². The minimum atomic E-state index is 0.105. The van der Waals surface area contributed by atoms with Gasteiger partial charge in [-0.25, -0.2) is 0 Å². The van der Waals surface area contributed by atoms with Gasteiger partial charge >= 0.3 is 166 Å². The monoisotopic (exact) mass is 690 g/mol. The summed E-state index contributed by atoms with van der Waals surface area (Å²) in [4.78, 5) is 0.773. The number of hydrogen-bond acceptors (Lipinski definition) is 0. The van der Waals surface area contributed by atoms with Gasteiger partial charge in [-0.2, -0.15) is 0 Å². The zero-order valence-electron chi connectivity index (χ0n) is 30.7. The Balaban J connectivity index is 1.50. The van der Waals surface area contributed by atoms with Crippen LogP contribution < -0.4 is 4.46 Å². The second-order valence-corrected chi connectivity index (χ2v) is 17.4. The van der Waals surface area contributed by atoms with E-state index >= 15 is 0 Å². The third-order valence-electron chi connectivity index (χ3n) is 8.91. The van der Waals surface area contributed by atoms with Crippen LogP contribution in [0.4, 0.5) is 0 Å². The van der Waals surface area contributed by atoms with E-state index in [0.717, 1.165) is 11.2 Å². The molecule has 0 heterocycles. The predicted octanol–water partition coefficient (Wildman–Crippen LogP) is 12.8. The summed E-state index contributed by atoms with van der Waals surface area (Å²) in [6.07, 6.45) is 38.8. The maximum Gasteiger partial charge on any atom is 0.00749 e. The molecule has 1 aromatic carbocycles. The fraction of sp³-hybridized carbons (Fsp3) is 0.348.